The van der Waals surface area contributed by atoms with Crippen LogP contribution in [0.15, 0.2) is 6.07 Å². The van der Waals surface area contributed by atoms with Crippen molar-refractivity contribution in [1.82, 2.24) is 19.7 Å². The molecular weight excluding hydrogens is 298 g/mol. The molecule has 0 aromatic carbocycles. The third-order valence-corrected chi connectivity index (χ3v) is 4.72. The van der Waals surface area contributed by atoms with Gasteiger partial charge in [0.2, 0.25) is 0 Å². The summed E-state index contributed by atoms with van der Waals surface area (Å²) in [5.74, 6) is -0.145. The Morgan fingerprint density at radius 3 is 2.95 bits per heavy atom. The SMILES string of the molecule is Cc1cc(C(=O)Nc2nc3c(s2)CN(C)CC3)n(C(C)C)n1. The Morgan fingerprint density at radius 2 is 2.23 bits per heavy atom. The predicted octanol–water partition coefficient (Wildman–Crippen LogP) is 2.47. The highest BCUT2D eigenvalue weighted by atomic mass is 32.1. The number of nitrogens with one attached hydrogen (secondary N) is 1. The Balaban J connectivity index is 1.80. The second-order valence-corrected chi connectivity index (χ2v) is 7.12. The van der Waals surface area contributed by atoms with Gasteiger partial charge >= 0.3 is 0 Å². The lowest BCUT2D eigenvalue weighted by Gasteiger charge is -2.20. The number of carbonyl (C=O) groups is 1. The molecule has 0 saturated heterocycles. The largest absolute Gasteiger partial charge is 0.301 e. The summed E-state index contributed by atoms with van der Waals surface area (Å²) in [7, 11) is 2.10. The first kappa shape index (κ1) is 15.2. The summed E-state index contributed by atoms with van der Waals surface area (Å²) in [6, 6.07) is 1.96. The van der Waals surface area contributed by atoms with Crippen LogP contribution >= 0.6 is 11.3 Å². The molecule has 0 unspecified atom stereocenters. The number of nitrogens with zero attached hydrogens (tertiary/aromatic N) is 4. The number of rotatable bonds is 3. The van der Waals surface area contributed by atoms with Crippen LogP contribution in [0.3, 0.4) is 0 Å². The molecule has 1 aliphatic rings. The van der Waals surface area contributed by atoms with Gasteiger partial charge in [0.25, 0.3) is 5.91 Å². The Hall–Kier alpha value is -1.73. The number of carbonyl (C=O) groups excluding carboxylic acids is 1. The summed E-state index contributed by atoms with van der Waals surface area (Å²) >= 11 is 1.57. The predicted molar refractivity (Wildman–Crippen MR) is 87.5 cm³/mol. The molecule has 0 aliphatic carbocycles. The molecule has 2 aromatic heterocycles. The van der Waals surface area contributed by atoms with Crippen molar-refractivity contribution in [2.75, 3.05) is 18.9 Å². The van der Waals surface area contributed by atoms with Gasteiger partial charge in [-0.2, -0.15) is 5.10 Å². The van der Waals surface area contributed by atoms with Gasteiger partial charge in [-0.05, 0) is 33.9 Å². The molecule has 0 spiro atoms. The van der Waals surface area contributed by atoms with Gasteiger partial charge in [-0.1, -0.05) is 0 Å². The van der Waals surface area contributed by atoms with Crippen LogP contribution in [0.5, 0.6) is 0 Å². The van der Waals surface area contributed by atoms with Gasteiger partial charge in [-0.15, -0.1) is 11.3 Å². The van der Waals surface area contributed by atoms with Crippen molar-refractivity contribution in [3.63, 3.8) is 0 Å². The third-order valence-electron chi connectivity index (χ3n) is 3.72. The quantitative estimate of drug-likeness (QED) is 0.944. The van der Waals surface area contributed by atoms with Crippen LogP contribution in [0.2, 0.25) is 0 Å². The number of thiazole rings is 1. The molecule has 3 heterocycles. The van der Waals surface area contributed by atoms with Crippen LogP contribution in [0.1, 0.15) is 46.6 Å². The number of anilines is 1. The highest BCUT2D eigenvalue weighted by molar-refractivity contribution is 7.15. The zero-order valence-corrected chi connectivity index (χ0v) is 14.2. The molecule has 1 aliphatic heterocycles. The van der Waals surface area contributed by atoms with Crippen molar-refractivity contribution >= 4 is 22.4 Å². The van der Waals surface area contributed by atoms with E-state index in [-0.39, 0.29) is 11.9 Å². The second-order valence-electron chi connectivity index (χ2n) is 6.04. The molecule has 0 bridgehead atoms. The lowest BCUT2D eigenvalue weighted by Crippen LogP contribution is -2.25. The van der Waals surface area contributed by atoms with E-state index in [9.17, 15) is 4.79 Å². The first-order valence-corrected chi connectivity index (χ1v) is 8.30. The van der Waals surface area contributed by atoms with Crippen LogP contribution in [-0.4, -0.2) is 39.2 Å². The standard InChI is InChI=1S/C15H21N5OS/c1-9(2)20-12(7-10(3)18-20)14(21)17-15-16-11-5-6-19(4)8-13(11)22-15/h7,9H,5-6,8H2,1-4H3,(H,16,17,21). The van der Waals surface area contributed by atoms with E-state index in [2.05, 4.69) is 27.3 Å². The number of fused-ring (bicyclic) bond motifs is 1. The minimum absolute atomic E-state index is 0.145. The Morgan fingerprint density at radius 1 is 1.45 bits per heavy atom. The van der Waals surface area contributed by atoms with Crippen molar-refractivity contribution in [2.45, 2.75) is 39.8 Å². The molecule has 0 atom stereocenters. The molecule has 1 amide bonds. The molecule has 2 aromatic rings. The lowest BCUT2D eigenvalue weighted by molar-refractivity contribution is 0.101. The average molecular weight is 319 g/mol. The second kappa shape index (κ2) is 5.81. The van der Waals surface area contributed by atoms with Crippen molar-refractivity contribution in [3.05, 3.63) is 28.0 Å². The summed E-state index contributed by atoms with van der Waals surface area (Å²) in [4.78, 5) is 20.6. The number of hydrogen-bond acceptors (Lipinski definition) is 5. The van der Waals surface area contributed by atoms with Gasteiger partial charge in [0.05, 0.1) is 11.4 Å². The Bertz CT molecular complexity index is 703. The fraction of sp³-hybridized carbons (Fsp3) is 0.533. The Kier molecular flexibility index (Phi) is 4.01. The van der Waals surface area contributed by atoms with Gasteiger partial charge in [-0.25, -0.2) is 4.98 Å². The van der Waals surface area contributed by atoms with Gasteiger partial charge < -0.3 is 4.90 Å². The molecular formula is C15H21N5OS. The van der Waals surface area contributed by atoms with E-state index in [0.29, 0.717) is 10.8 Å². The average Bonchev–Trinajstić information content (AvgIpc) is 3.01. The molecule has 7 heteroatoms. The van der Waals surface area contributed by atoms with Crippen LogP contribution < -0.4 is 5.32 Å². The smallest absolute Gasteiger partial charge is 0.275 e. The first-order valence-electron chi connectivity index (χ1n) is 7.48. The number of aryl methyl sites for hydroxylation is 1. The number of hydrogen-bond donors (Lipinski definition) is 1. The summed E-state index contributed by atoms with van der Waals surface area (Å²) in [5.41, 5.74) is 2.55. The highest BCUT2D eigenvalue weighted by Crippen LogP contribution is 2.28. The van der Waals surface area contributed by atoms with Crippen molar-refractivity contribution < 1.29 is 4.79 Å². The van der Waals surface area contributed by atoms with Gasteiger partial charge in [0.1, 0.15) is 5.69 Å². The maximum atomic E-state index is 12.5. The molecule has 0 fully saturated rings. The molecule has 0 radical (unpaired) electrons. The van der Waals surface area contributed by atoms with E-state index in [1.807, 2.05) is 26.8 Å². The number of likely N-dealkylation sites (N-methyl/N-ethyl adjacent to an activating group) is 1. The summed E-state index contributed by atoms with van der Waals surface area (Å²) in [6.07, 6.45) is 0.946. The third kappa shape index (κ3) is 2.91. The van der Waals surface area contributed by atoms with Crippen molar-refractivity contribution in [3.8, 4) is 0 Å². The maximum Gasteiger partial charge on any atom is 0.275 e. The number of aromatic nitrogens is 3. The summed E-state index contributed by atoms with van der Waals surface area (Å²) in [5, 5.41) is 7.99. The van der Waals surface area contributed by atoms with Crippen LogP contribution in [-0.2, 0) is 13.0 Å². The van der Waals surface area contributed by atoms with E-state index >= 15 is 0 Å². The van der Waals surface area contributed by atoms with Crippen molar-refractivity contribution in [2.24, 2.45) is 0 Å². The van der Waals surface area contributed by atoms with E-state index in [1.54, 1.807) is 16.0 Å². The molecule has 118 valence electrons. The minimum Gasteiger partial charge on any atom is -0.301 e. The molecule has 3 rings (SSSR count). The van der Waals surface area contributed by atoms with E-state index in [4.69, 9.17) is 0 Å². The van der Waals surface area contributed by atoms with Crippen LogP contribution in [0.25, 0.3) is 0 Å². The van der Waals surface area contributed by atoms with Gasteiger partial charge in [-0.3, -0.25) is 14.8 Å². The normalized spacial score (nSPS) is 15.1. The van der Waals surface area contributed by atoms with Crippen molar-refractivity contribution in [1.29, 1.82) is 0 Å². The van der Waals surface area contributed by atoms with E-state index < -0.39 is 0 Å². The fourth-order valence-electron chi connectivity index (χ4n) is 2.62. The molecule has 1 N–H and O–H groups in total. The van der Waals surface area contributed by atoms with Gasteiger partial charge in [0, 0.05) is 30.4 Å². The van der Waals surface area contributed by atoms with Gasteiger partial charge in [0.15, 0.2) is 5.13 Å². The maximum absolute atomic E-state index is 12.5. The number of amides is 1. The first-order chi connectivity index (χ1) is 10.4. The molecule has 0 saturated carbocycles. The highest BCUT2D eigenvalue weighted by Gasteiger charge is 2.21. The molecule has 6 nitrogen and oxygen atoms in total. The van der Waals surface area contributed by atoms with Crippen LogP contribution in [0, 0.1) is 6.92 Å². The van der Waals surface area contributed by atoms with E-state index in [1.165, 1.54) is 4.88 Å². The van der Waals surface area contributed by atoms with E-state index in [0.717, 1.165) is 30.9 Å². The lowest BCUT2D eigenvalue weighted by atomic mass is 10.2. The van der Waals surface area contributed by atoms with Crippen LogP contribution in [0.4, 0.5) is 5.13 Å². The zero-order valence-electron chi connectivity index (χ0n) is 13.4. The molecule has 22 heavy (non-hydrogen) atoms. The minimum atomic E-state index is -0.145. The summed E-state index contributed by atoms with van der Waals surface area (Å²) < 4.78 is 1.76. The topological polar surface area (TPSA) is 63.1 Å². The summed E-state index contributed by atoms with van der Waals surface area (Å²) in [6.45, 7) is 7.85. The zero-order chi connectivity index (χ0) is 15.9. The fourth-order valence-corrected chi connectivity index (χ4v) is 3.70. The monoisotopic (exact) mass is 319 g/mol. The Labute approximate surface area is 134 Å².